The van der Waals surface area contributed by atoms with Gasteiger partial charge in [-0.15, -0.1) is 0 Å². The first-order valence-corrected chi connectivity index (χ1v) is 15.7. The van der Waals surface area contributed by atoms with E-state index in [0.29, 0.717) is 16.8 Å². The molecule has 2 aromatic carbocycles. The third-order valence-electron chi connectivity index (χ3n) is 8.25. The molecule has 0 saturated carbocycles. The summed E-state index contributed by atoms with van der Waals surface area (Å²) < 4.78 is 39.8. The highest BCUT2D eigenvalue weighted by Gasteiger charge is 2.36. The fraction of sp³-hybridized carbons (Fsp3) is 0.472. The largest absolute Gasteiger partial charge is 0.493 e. The van der Waals surface area contributed by atoms with Gasteiger partial charge in [0.05, 0.1) is 17.9 Å². The van der Waals surface area contributed by atoms with E-state index in [-0.39, 0.29) is 29.9 Å². The zero-order valence-electron chi connectivity index (χ0n) is 28.0. The van der Waals surface area contributed by atoms with Crippen molar-refractivity contribution in [3.05, 3.63) is 76.1 Å². The molecule has 4 rings (SSSR count). The summed E-state index contributed by atoms with van der Waals surface area (Å²) in [7, 11) is 0. The number of aromatic nitrogens is 1. The SMILES string of the molecule is CCOc1cc(F)cc(F)c1CNC(=O)c1ccc(-c2c(C)nc(C)c([C@H](OC(C)(C)C)C(=O)O)c2N2CCC(C)(C)CC2)cc1. The monoisotopic (exact) mass is 637 g/mol. The summed E-state index contributed by atoms with van der Waals surface area (Å²) in [4.78, 5) is 32.9. The Morgan fingerprint density at radius 2 is 1.70 bits per heavy atom. The van der Waals surface area contributed by atoms with E-state index >= 15 is 0 Å². The number of carboxylic acids is 1. The van der Waals surface area contributed by atoms with Crippen molar-refractivity contribution in [1.82, 2.24) is 10.3 Å². The lowest BCUT2D eigenvalue weighted by Gasteiger charge is -2.41. The maximum Gasteiger partial charge on any atom is 0.337 e. The minimum Gasteiger partial charge on any atom is -0.493 e. The van der Waals surface area contributed by atoms with Crippen LogP contribution in [0.4, 0.5) is 14.5 Å². The molecule has 1 fully saturated rings. The van der Waals surface area contributed by atoms with Gasteiger partial charge in [-0.2, -0.15) is 0 Å². The van der Waals surface area contributed by atoms with Crippen molar-refractivity contribution in [1.29, 1.82) is 0 Å². The van der Waals surface area contributed by atoms with E-state index in [4.69, 9.17) is 14.5 Å². The summed E-state index contributed by atoms with van der Waals surface area (Å²) in [5, 5.41) is 13.1. The number of nitrogens with one attached hydrogen (secondary N) is 1. The van der Waals surface area contributed by atoms with E-state index in [1.54, 1.807) is 31.2 Å². The van der Waals surface area contributed by atoms with Crippen LogP contribution in [0.1, 0.15) is 93.4 Å². The second kappa shape index (κ2) is 13.7. The molecule has 0 unspecified atom stereocenters. The van der Waals surface area contributed by atoms with Crippen LogP contribution >= 0.6 is 0 Å². The molecular formula is C36H45F2N3O5. The molecule has 0 bridgehead atoms. The number of carbonyl (C=O) groups excluding carboxylic acids is 1. The van der Waals surface area contributed by atoms with Gasteiger partial charge in [0.1, 0.15) is 17.4 Å². The van der Waals surface area contributed by atoms with Crippen LogP contribution in [0.15, 0.2) is 36.4 Å². The van der Waals surface area contributed by atoms with Crippen LogP contribution in [-0.4, -0.2) is 47.3 Å². The second-order valence-electron chi connectivity index (χ2n) is 13.6. The highest BCUT2D eigenvalue weighted by molar-refractivity contribution is 5.95. The molecule has 3 aromatic rings. The molecule has 46 heavy (non-hydrogen) atoms. The van der Waals surface area contributed by atoms with Gasteiger partial charge in [0, 0.05) is 65.4 Å². The van der Waals surface area contributed by atoms with E-state index in [0.717, 1.165) is 60.6 Å². The van der Waals surface area contributed by atoms with Crippen molar-refractivity contribution in [2.45, 2.75) is 86.5 Å². The Labute approximate surface area is 270 Å². The van der Waals surface area contributed by atoms with Crippen molar-refractivity contribution in [2.75, 3.05) is 24.6 Å². The van der Waals surface area contributed by atoms with Crippen LogP contribution < -0.4 is 15.0 Å². The normalized spacial score (nSPS) is 15.4. The summed E-state index contributed by atoms with van der Waals surface area (Å²) in [6.07, 6.45) is 0.626. The van der Waals surface area contributed by atoms with Crippen molar-refractivity contribution in [3.63, 3.8) is 0 Å². The average Bonchev–Trinajstić information content (AvgIpc) is 2.95. The zero-order chi connectivity index (χ0) is 34.0. The average molecular weight is 638 g/mol. The second-order valence-corrected chi connectivity index (χ2v) is 13.6. The van der Waals surface area contributed by atoms with Crippen LogP contribution in [0.5, 0.6) is 5.75 Å². The quantitative estimate of drug-likeness (QED) is 0.237. The van der Waals surface area contributed by atoms with Gasteiger partial charge in [0.2, 0.25) is 0 Å². The van der Waals surface area contributed by atoms with Crippen LogP contribution in [0.25, 0.3) is 11.1 Å². The Balaban J connectivity index is 1.73. The lowest BCUT2D eigenvalue weighted by molar-refractivity contribution is -0.160. The summed E-state index contributed by atoms with van der Waals surface area (Å²) in [5.74, 6) is -3.06. The molecular weight excluding hydrogens is 592 g/mol. The first-order chi connectivity index (χ1) is 21.5. The fourth-order valence-corrected chi connectivity index (χ4v) is 5.85. The molecule has 0 radical (unpaired) electrons. The number of piperidine rings is 1. The summed E-state index contributed by atoms with van der Waals surface area (Å²) >= 11 is 0. The van der Waals surface area contributed by atoms with Gasteiger partial charge in [-0.25, -0.2) is 13.6 Å². The van der Waals surface area contributed by atoms with Gasteiger partial charge in [-0.05, 0) is 77.5 Å². The summed E-state index contributed by atoms with van der Waals surface area (Å²) in [5.41, 5.74) is 4.01. The number of aliphatic carboxylic acids is 1. The van der Waals surface area contributed by atoms with Crippen LogP contribution in [0.2, 0.25) is 0 Å². The van der Waals surface area contributed by atoms with Crippen LogP contribution in [0, 0.1) is 30.9 Å². The summed E-state index contributed by atoms with van der Waals surface area (Å²) in [6.45, 7) is 16.9. The molecule has 0 aliphatic carbocycles. The lowest BCUT2D eigenvalue weighted by Crippen LogP contribution is -2.39. The Hall–Kier alpha value is -4.05. The van der Waals surface area contributed by atoms with Gasteiger partial charge in [-0.1, -0.05) is 26.0 Å². The molecule has 1 saturated heterocycles. The van der Waals surface area contributed by atoms with Gasteiger partial charge in [0.15, 0.2) is 6.10 Å². The highest BCUT2D eigenvalue weighted by atomic mass is 19.1. The first kappa shape index (κ1) is 34.8. The highest BCUT2D eigenvalue weighted by Crippen LogP contribution is 2.44. The molecule has 1 aromatic heterocycles. The van der Waals surface area contributed by atoms with E-state index in [2.05, 4.69) is 24.1 Å². The molecule has 248 valence electrons. The number of rotatable bonds is 10. The minimum absolute atomic E-state index is 0.0394. The predicted molar refractivity (Wildman–Crippen MR) is 174 cm³/mol. The van der Waals surface area contributed by atoms with Gasteiger partial charge in [0.25, 0.3) is 5.91 Å². The van der Waals surface area contributed by atoms with Crippen molar-refractivity contribution >= 4 is 17.6 Å². The van der Waals surface area contributed by atoms with Crippen molar-refractivity contribution in [3.8, 4) is 16.9 Å². The fourth-order valence-electron chi connectivity index (χ4n) is 5.85. The Kier molecular flexibility index (Phi) is 10.4. The zero-order valence-corrected chi connectivity index (χ0v) is 28.0. The van der Waals surface area contributed by atoms with Gasteiger partial charge < -0.3 is 24.8 Å². The number of benzene rings is 2. The Bertz CT molecular complexity index is 1590. The molecule has 1 aliphatic heterocycles. The number of aryl methyl sites for hydroxylation is 2. The predicted octanol–water partition coefficient (Wildman–Crippen LogP) is 7.54. The lowest BCUT2D eigenvalue weighted by atomic mass is 9.81. The van der Waals surface area contributed by atoms with Gasteiger partial charge in [-0.3, -0.25) is 9.78 Å². The smallest absolute Gasteiger partial charge is 0.337 e. The number of anilines is 1. The number of carboxylic acid groups (broad SMARTS) is 1. The van der Waals surface area contributed by atoms with Crippen molar-refractivity contribution < 1.29 is 33.0 Å². The number of carbonyl (C=O) groups is 2. The molecule has 1 aliphatic rings. The van der Waals surface area contributed by atoms with E-state index in [1.807, 2.05) is 34.6 Å². The Morgan fingerprint density at radius 3 is 2.26 bits per heavy atom. The van der Waals surface area contributed by atoms with Crippen LogP contribution in [0.3, 0.4) is 0 Å². The van der Waals surface area contributed by atoms with E-state index < -0.39 is 35.2 Å². The number of hydrogen-bond acceptors (Lipinski definition) is 6. The number of amides is 1. The summed E-state index contributed by atoms with van der Waals surface area (Å²) in [6, 6.07) is 8.79. The molecule has 10 heteroatoms. The molecule has 8 nitrogen and oxygen atoms in total. The molecule has 2 N–H and O–H groups in total. The number of ether oxygens (including phenoxy) is 2. The van der Waals surface area contributed by atoms with E-state index in [9.17, 15) is 23.5 Å². The number of halogens is 2. The molecule has 0 spiro atoms. The van der Waals surface area contributed by atoms with Crippen LogP contribution in [-0.2, 0) is 16.1 Å². The van der Waals surface area contributed by atoms with Gasteiger partial charge >= 0.3 is 5.97 Å². The number of nitrogens with zero attached hydrogens (tertiary/aromatic N) is 2. The molecule has 1 atom stereocenters. The molecule has 1 amide bonds. The first-order valence-electron chi connectivity index (χ1n) is 15.7. The maximum atomic E-state index is 14.5. The van der Waals surface area contributed by atoms with E-state index in [1.165, 1.54) is 0 Å². The number of hydrogen-bond donors (Lipinski definition) is 2. The molecule has 2 heterocycles. The van der Waals surface area contributed by atoms with Crippen molar-refractivity contribution in [2.24, 2.45) is 5.41 Å². The third-order valence-corrected chi connectivity index (χ3v) is 8.25. The topological polar surface area (TPSA) is 101 Å². The third kappa shape index (κ3) is 8.02. The standard InChI is InChI=1S/C36H45F2N3O5/c1-9-45-28-19-25(37)18-27(38)26(28)20-39-33(42)24-12-10-23(11-13-24)29-21(2)40-22(3)30(32(34(43)44)46-35(4,5)6)31(29)41-16-14-36(7,8)15-17-41/h10-13,18-19,32H,9,14-17,20H2,1-8H3,(H,39,42)(H,43,44)/t32-/m0/s1. The maximum absolute atomic E-state index is 14.5. The Morgan fingerprint density at radius 1 is 1.07 bits per heavy atom. The minimum atomic E-state index is -1.24. The number of pyridine rings is 1.